The highest BCUT2D eigenvalue weighted by molar-refractivity contribution is 9.10. The molecule has 3 rings (SSSR count). The number of aromatic nitrogens is 3. The van der Waals surface area contributed by atoms with E-state index in [9.17, 15) is 4.39 Å². The molecule has 5 nitrogen and oxygen atoms in total. The molecule has 0 fully saturated rings. The smallest absolute Gasteiger partial charge is 0.215 e. The summed E-state index contributed by atoms with van der Waals surface area (Å²) in [6, 6.07) is 7.80. The molecule has 0 bridgehead atoms. The molecule has 0 amide bonds. The van der Waals surface area contributed by atoms with Crippen LogP contribution >= 0.6 is 15.9 Å². The third-order valence-corrected chi connectivity index (χ3v) is 3.50. The Morgan fingerprint density at radius 1 is 1.25 bits per heavy atom. The zero-order chi connectivity index (χ0) is 14.3. The van der Waals surface area contributed by atoms with Gasteiger partial charge in [-0.05, 0) is 40.2 Å². The molecule has 0 aliphatic carbocycles. The highest BCUT2D eigenvalue weighted by atomic mass is 79.9. The van der Waals surface area contributed by atoms with Gasteiger partial charge >= 0.3 is 0 Å². The monoisotopic (exact) mass is 336 g/mol. The van der Waals surface area contributed by atoms with E-state index in [-0.39, 0.29) is 11.8 Å². The summed E-state index contributed by atoms with van der Waals surface area (Å²) in [5.74, 6) is 0.388. The molecule has 2 N–H and O–H groups in total. The Bertz CT molecular complexity index is 802. The standard InChI is InChI=1S/C13H10BrFN4O/c1-20-11-5-3-9-12(18-11)19(13(16)17-9)10-4-2-7(15)6-8(10)14/h2-6H,1H3,(H2,16,17). The van der Waals surface area contributed by atoms with Crippen molar-refractivity contribution in [2.24, 2.45) is 0 Å². The van der Waals surface area contributed by atoms with Crippen LogP contribution in [-0.2, 0) is 0 Å². The van der Waals surface area contributed by atoms with Crippen LogP contribution in [0.1, 0.15) is 0 Å². The fraction of sp³-hybridized carbons (Fsp3) is 0.0769. The molecule has 0 aliphatic heterocycles. The lowest BCUT2D eigenvalue weighted by Gasteiger charge is -2.08. The Labute approximate surface area is 122 Å². The largest absolute Gasteiger partial charge is 0.481 e. The van der Waals surface area contributed by atoms with Crippen molar-refractivity contribution in [3.63, 3.8) is 0 Å². The highest BCUT2D eigenvalue weighted by Gasteiger charge is 2.14. The van der Waals surface area contributed by atoms with Crippen molar-refractivity contribution in [1.29, 1.82) is 0 Å². The number of pyridine rings is 1. The number of rotatable bonds is 2. The average molecular weight is 337 g/mol. The molecule has 0 unspecified atom stereocenters. The maximum Gasteiger partial charge on any atom is 0.215 e. The average Bonchev–Trinajstić information content (AvgIpc) is 2.74. The van der Waals surface area contributed by atoms with E-state index < -0.39 is 0 Å². The van der Waals surface area contributed by atoms with E-state index in [1.54, 1.807) is 22.8 Å². The van der Waals surface area contributed by atoms with Crippen molar-refractivity contribution in [2.45, 2.75) is 0 Å². The van der Waals surface area contributed by atoms with Crippen molar-refractivity contribution < 1.29 is 9.13 Å². The summed E-state index contributed by atoms with van der Waals surface area (Å²) < 4.78 is 20.5. The van der Waals surface area contributed by atoms with Gasteiger partial charge in [0.2, 0.25) is 11.8 Å². The van der Waals surface area contributed by atoms with Gasteiger partial charge in [-0.25, -0.2) is 9.37 Å². The first kappa shape index (κ1) is 12.9. The SMILES string of the molecule is COc1ccc2nc(N)n(-c3ccc(F)cc3Br)c2n1. The first-order valence-electron chi connectivity index (χ1n) is 5.74. The van der Waals surface area contributed by atoms with Gasteiger partial charge in [0.1, 0.15) is 11.3 Å². The van der Waals surface area contributed by atoms with E-state index in [2.05, 4.69) is 25.9 Å². The molecular formula is C13H10BrFN4O. The summed E-state index contributed by atoms with van der Waals surface area (Å²) in [5.41, 5.74) is 7.79. The van der Waals surface area contributed by atoms with E-state index in [0.29, 0.717) is 27.2 Å². The molecule has 1 aromatic carbocycles. The van der Waals surface area contributed by atoms with Gasteiger partial charge in [0.15, 0.2) is 5.65 Å². The van der Waals surface area contributed by atoms with Crippen LogP contribution in [0.3, 0.4) is 0 Å². The zero-order valence-corrected chi connectivity index (χ0v) is 12.1. The van der Waals surface area contributed by atoms with Crippen LogP contribution in [-0.4, -0.2) is 21.6 Å². The molecule has 0 atom stereocenters. The second-order valence-corrected chi connectivity index (χ2v) is 4.95. The number of fused-ring (bicyclic) bond motifs is 1. The van der Waals surface area contributed by atoms with E-state index >= 15 is 0 Å². The first-order valence-corrected chi connectivity index (χ1v) is 6.54. The van der Waals surface area contributed by atoms with Crippen LogP contribution in [0.4, 0.5) is 10.3 Å². The number of imidazole rings is 1. The third-order valence-electron chi connectivity index (χ3n) is 2.86. The molecule has 2 aromatic heterocycles. The van der Waals surface area contributed by atoms with Crippen LogP contribution in [0.15, 0.2) is 34.8 Å². The molecule has 0 radical (unpaired) electrons. The van der Waals surface area contributed by atoms with Crippen LogP contribution in [0, 0.1) is 5.82 Å². The number of methoxy groups -OCH3 is 1. The number of anilines is 1. The molecule has 7 heteroatoms. The Balaban J connectivity index is 2.31. The third kappa shape index (κ3) is 2.00. The van der Waals surface area contributed by atoms with Crippen molar-refractivity contribution in [1.82, 2.24) is 14.5 Å². The van der Waals surface area contributed by atoms with Crippen molar-refractivity contribution in [2.75, 3.05) is 12.8 Å². The Morgan fingerprint density at radius 2 is 2.05 bits per heavy atom. The van der Waals surface area contributed by atoms with Gasteiger partial charge in [-0.2, -0.15) is 4.98 Å². The van der Waals surface area contributed by atoms with Crippen molar-refractivity contribution in [3.05, 3.63) is 40.6 Å². The Morgan fingerprint density at radius 3 is 2.75 bits per heavy atom. The van der Waals surface area contributed by atoms with Crippen molar-refractivity contribution in [3.8, 4) is 11.6 Å². The summed E-state index contributed by atoms with van der Waals surface area (Å²) >= 11 is 3.32. The van der Waals surface area contributed by atoms with Gasteiger partial charge < -0.3 is 10.5 Å². The van der Waals surface area contributed by atoms with E-state index in [4.69, 9.17) is 10.5 Å². The van der Waals surface area contributed by atoms with Gasteiger partial charge in [-0.1, -0.05) is 0 Å². The summed E-state index contributed by atoms with van der Waals surface area (Å²) in [6.07, 6.45) is 0. The van der Waals surface area contributed by atoms with Gasteiger partial charge in [-0.3, -0.25) is 4.57 Å². The lowest BCUT2D eigenvalue weighted by atomic mass is 10.3. The molecule has 0 saturated heterocycles. The number of ether oxygens (including phenoxy) is 1. The fourth-order valence-electron chi connectivity index (χ4n) is 1.97. The quantitative estimate of drug-likeness (QED) is 0.781. The van der Waals surface area contributed by atoms with Gasteiger partial charge in [0, 0.05) is 10.5 Å². The zero-order valence-electron chi connectivity index (χ0n) is 10.5. The fourth-order valence-corrected chi connectivity index (χ4v) is 2.50. The van der Waals surface area contributed by atoms with E-state index in [1.807, 2.05) is 0 Å². The number of nitrogens with two attached hydrogens (primary N) is 1. The lowest BCUT2D eigenvalue weighted by molar-refractivity contribution is 0.399. The molecule has 3 aromatic rings. The molecule has 20 heavy (non-hydrogen) atoms. The number of nitrogens with zero attached hydrogens (tertiary/aromatic N) is 3. The summed E-state index contributed by atoms with van der Waals surface area (Å²) in [4.78, 5) is 8.57. The minimum Gasteiger partial charge on any atom is -0.481 e. The van der Waals surface area contributed by atoms with Gasteiger partial charge in [0.05, 0.1) is 12.8 Å². The summed E-state index contributed by atoms with van der Waals surface area (Å²) in [6.45, 7) is 0. The maximum atomic E-state index is 13.2. The first-order chi connectivity index (χ1) is 9.60. The van der Waals surface area contributed by atoms with Crippen LogP contribution < -0.4 is 10.5 Å². The molecule has 0 aliphatic rings. The minimum absolute atomic E-state index is 0.271. The predicted molar refractivity (Wildman–Crippen MR) is 77.5 cm³/mol. The number of benzene rings is 1. The number of hydrogen-bond acceptors (Lipinski definition) is 4. The minimum atomic E-state index is -0.339. The van der Waals surface area contributed by atoms with E-state index in [1.165, 1.54) is 19.2 Å². The van der Waals surface area contributed by atoms with Gasteiger partial charge in [-0.15, -0.1) is 0 Å². The van der Waals surface area contributed by atoms with Crippen LogP contribution in [0.25, 0.3) is 16.9 Å². The van der Waals surface area contributed by atoms with Crippen molar-refractivity contribution >= 4 is 33.0 Å². The normalized spacial score (nSPS) is 10.9. The van der Waals surface area contributed by atoms with Crippen LogP contribution in [0.2, 0.25) is 0 Å². The summed E-state index contributed by atoms with van der Waals surface area (Å²) in [5, 5.41) is 0. The maximum absolute atomic E-state index is 13.2. The Kier molecular flexibility index (Phi) is 3.06. The summed E-state index contributed by atoms with van der Waals surface area (Å²) in [7, 11) is 1.53. The second kappa shape index (κ2) is 4.75. The number of hydrogen-bond donors (Lipinski definition) is 1. The topological polar surface area (TPSA) is 66.0 Å². The van der Waals surface area contributed by atoms with E-state index in [0.717, 1.165) is 0 Å². The van der Waals surface area contributed by atoms with Gasteiger partial charge in [0.25, 0.3) is 0 Å². The molecule has 102 valence electrons. The molecule has 0 saturated carbocycles. The number of halogens is 2. The molecule has 0 spiro atoms. The second-order valence-electron chi connectivity index (χ2n) is 4.10. The lowest BCUT2D eigenvalue weighted by Crippen LogP contribution is -2.03. The number of nitrogen functional groups attached to an aromatic ring is 1. The Hall–Kier alpha value is -2.15. The molecule has 2 heterocycles. The molecular weight excluding hydrogens is 327 g/mol. The van der Waals surface area contributed by atoms with Crippen LogP contribution in [0.5, 0.6) is 5.88 Å². The predicted octanol–water partition coefficient (Wildman–Crippen LogP) is 2.91. The highest BCUT2D eigenvalue weighted by Crippen LogP contribution is 2.28.